The summed E-state index contributed by atoms with van der Waals surface area (Å²) >= 11 is 0. The van der Waals surface area contributed by atoms with E-state index >= 15 is 0 Å². The molecule has 2 N–H and O–H groups in total. The predicted octanol–water partition coefficient (Wildman–Crippen LogP) is 2.85. The molecule has 2 amide bonds. The van der Waals surface area contributed by atoms with Crippen molar-refractivity contribution >= 4 is 11.8 Å². The van der Waals surface area contributed by atoms with E-state index in [4.69, 9.17) is 14.2 Å². The molecule has 0 bridgehead atoms. The van der Waals surface area contributed by atoms with Gasteiger partial charge in [-0.25, -0.2) is 4.39 Å². The molecule has 0 saturated carbocycles. The van der Waals surface area contributed by atoms with Gasteiger partial charge >= 0.3 is 0 Å². The van der Waals surface area contributed by atoms with Crippen molar-refractivity contribution in [3.8, 4) is 17.2 Å². The minimum absolute atomic E-state index is 0.0481. The fourth-order valence-corrected chi connectivity index (χ4v) is 2.19. The molecule has 0 saturated heterocycles. The Morgan fingerprint density at radius 2 is 1.71 bits per heavy atom. The smallest absolute Gasteiger partial charge is 0.276 e. The molecule has 2 rings (SSSR count). The second kappa shape index (κ2) is 10.8. The third kappa shape index (κ3) is 6.15. The molecule has 0 aliphatic rings. The lowest BCUT2D eigenvalue weighted by molar-refractivity contribution is -0.123. The molecule has 28 heavy (non-hydrogen) atoms. The average Bonchev–Trinajstić information content (AvgIpc) is 2.70. The van der Waals surface area contributed by atoms with Gasteiger partial charge in [-0.15, -0.1) is 0 Å². The zero-order valence-corrected chi connectivity index (χ0v) is 15.8. The first-order chi connectivity index (χ1) is 13.5. The van der Waals surface area contributed by atoms with Crippen LogP contribution in [0.1, 0.15) is 30.6 Å². The monoisotopic (exact) mass is 390 g/mol. The Morgan fingerprint density at radius 3 is 2.43 bits per heavy atom. The summed E-state index contributed by atoms with van der Waals surface area (Å²) in [7, 11) is 0. The number of carbonyl (C=O) groups excluding carboxylic acids is 2. The van der Waals surface area contributed by atoms with Crippen LogP contribution >= 0.6 is 0 Å². The van der Waals surface area contributed by atoms with Gasteiger partial charge in [-0.1, -0.05) is 19.1 Å². The van der Waals surface area contributed by atoms with Crippen LogP contribution in [0.2, 0.25) is 0 Å². The highest BCUT2D eigenvalue weighted by atomic mass is 19.1. The lowest BCUT2D eigenvalue weighted by Gasteiger charge is -2.13. The number of para-hydroxylation sites is 1. The summed E-state index contributed by atoms with van der Waals surface area (Å²) in [6, 6.07) is 10.5. The molecule has 0 aliphatic heterocycles. The number of hydrogen-bond acceptors (Lipinski definition) is 5. The number of hydrogen-bond donors (Lipinski definition) is 2. The SMILES string of the molecule is CCCOc1ccc(C(=O)NNC(=O)COc2ccccc2F)cc1OCC. The number of rotatable bonds is 9. The first-order valence-electron chi connectivity index (χ1n) is 8.91. The molecule has 2 aromatic carbocycles. The average molecular weight is 390 g/mol. The maximum absolute atomic E-state index is 13.4. The zero-order valence-electron chi connectivity index (χ0n) is 15.8. The van der Waals surface area contributed by atoms with Gasteiger partial charge < -0.3 is 14.2 Å². The van der Waals surface area contributed by atoms with Crippen molar-refractivity contribution in [3.05, 3.63) is 53.8 Å². The van der Waals surface area contributed by atoms with Crippen molar-refractivity contribution in [2.24, 2.45) is 0 Å². The minimum atomic E-state index is -0.635. The Balaban J connectivity index is 1.90. The van der Waals surface area contributed by atoms with Crippen LogP contribution in [0.3, 0.4) is 0 Å². The van der Waals surface area contributed by atoms with Crippen molar-refractivity contribution in [2.45, 2.75) is 20.3 Å². The third-order valence-corrected chi connectivity index (χ3v) is 3.48. The van der Waals surface area contributed by atoms with Gasteiger partial charge in [-0.05, 0) is 43.7 Å². The van der Waals surface area contributed by atoms with Gasteiger partial charge in [0.1, 0.15) is 0 Å². The predicted molar refractivity (Wildman–Crippen MR) is 101 cm³/mol. The molecule has 7 nitrogen and oxygen atoms in total. The quantitative estimate of drug-likeness (QED) is 0.643. The van der Waals surface area contributed by atoms with Crippen LogP contribution in [0.25, 0.3) is 0 Å². The largest absolute Gasteiger partial charge is 0.490 e. The molecule has 0 fully saturated rings. The Bertz CT molecular complexity index is 813. The van der Waals surface area contributed by atoms with E-state index in [1.165, 1.54) is 24.3 Å². The first-order valence-corrected chi connectivity index (χ1v) is 8.91. The molecule has 0 heterocycles. The molecule has 8 heteroatoms. The topological polar surface area (TPSA) is 85.9 Å². The number of nitrogens with one attached hydrogen (secondary N) is 2. The molecule has 2 aromatic rings. The Morgan fingerprint density at radius 1 is 0.929 bits per heavy atom. The van der Waals surface area contributed by atoms with E-state index in [2.05, 4.69) is 10.9 Å². The van der Waals surface area contributed by atoms with Crippen molar-refractivity contribution in [3.63, 3.8) is 0 Å². The highest BCUT2D eigenvalue weighted by Gasteiger charge is 2.13. The van der Waals surface area contributed by atoms with Crippen molar-refractivity contribution in [1.29, 1.82) is 0 Å². The molecule has 0 aliphatic carbocycles. The van der Waals surface area contributed by atoms with Gasteiger partial charge in [-0.3, -0.25) is 20.4 Å². The number of halogens is 1. The molecular formula is C20H23FN2O5. The lowest BCUT2D eigenvalue weighted by atomic mass is 10.2. The number of hydrazine groups is 1. The Labute approximate surface area is 162 Å². The summed E-state index contributed by atoms with van der Waals surface area (Å²) in [6.45, 7) is 4.31. The molecule has 0 spiro atoms. The molecule has 150 valence electrons. The lowest BCUT2D eigenvalue weighted by Crippen LogP contribution is -2.43. The summed E-state index contributed by atoms with van der Waals surface area (Å²) in [4.78, 5) is 24.0. The van der Waals surface area contributed by atoms with Crippen molar-refractivity contribution in [1.82, 2.24) is 10.9 Å². The molecule has 0 aromatic heterocycles. The normalized spacial score (nSPS) is 10.1. The molecule has 0 atom stereocenters. The van der Waals surface area contributed by atoms with Crippen LogP contribution in [-0.2, 0) is 4.79 Å². The van der Waals surface area contributed by atoms with Crippen LogP contribution < -0.4 is 25.1 Å². The van der Waals surface area contributed by atoms with Gasteiger partial charge in [0.2, 0.25) is 0 Å². The van der Waals surface area contributed by atoms with Gasteiger partial charge in [-0.2, -0.15) is 0 Å². The number of amides is 2. The van der Waals surface area contributed by atoms with E-state index in [0.717, 1.165) is 6.42 Å². The second-order valence-corrected chi connectivity index (χ2v) is 5.66. The zero-order chi connectivity index (χ0) is 20.4. The van der Waals surface area contributed by atoms with Gasteiger partial charge in [0, 0.05) is 5.56 Å². The number of benzene rings is 2. The van der Waals surface area contributed by atoms with E-state index in [0.29, 0.717) is 24.7 Å². The molecule has 0 radical (unpaired) electrons. The van der Waals surface area contributed by atoms with Crippen LogP contribution in [0.4, 0.5) is 4.39 Å². The van der Waals surface area contributed by atoms with E-state index in [1.54, 1.807) is 18.2 Å². The van der Waals surface area contributed by atoms with Crippen molar-refractivity contribution < 1.29 is 28.2 Å². The summed E-state index contributed by atoms with van der Waals surface area (Å²) in [5.41, 5.74) is 4.77. The van der Waals surface area contributed by atoms with Gasteiger partial charge in [0.15, 0.2) is 29.7 Å². The highest BCUT2D eigenvalue weighted by molar-refractivity contribution is 5.96. The second-order valence-electron chi connectivity index (χ2n) is 5.66. The van der Waals surface area contributed by atoms with Crippen LogP contribution in [0, 0.1) is 5.82 Å². The minimum Gasteiger partial charge on any atom is -0.490 e. The van der Waals surface area contributed by atoms with E-state index < -0.39 is 24.2 Å². The van der Waals surface area contributed by atoms with Crippen LogP contribution in [0.5, 0.6) is 17.2 Å². The molecular weight excluding hydrogens is 367 g/mol. The van der Waals surface area contributed by atoms with Gasteiger partial charge in [0.25, 0.3) is 11.8 Å². The summed E-state index contributed by atoms with van der Waals surface area (Å²) in [5, 5.41) is 0. The van der Waals surface area contributed by atoms with Gasteiger partial charge in [0.05, 0.1) is 13.2 Å². The molecule has 0 unspecified atom stereocenters. The fourth-order valence-electron chi connectivity index (χ4n) is 2.19. The number of carbonyl (C=O) groups is 2. The Kier molecular flexibility index (Phi) is 8.08. The van der Waals surface area contributed by atoms with Crippen molar-refractivity contribution in [2.75, 3.05) is 19.8 Å². The van der Waals surface area contributed by atoms with E-state index in [9.17, 15) is 14.0 Å². The third-order valence-electron chi connectivity index (χ3n) is 3.48. The summed E-state index contributed by atoms with van der Waals surface area (Å²) in [6.07, 6.45) is 0.842. The Hall–Kier alpha value is -3.29. The first kappa shape index (κ1) is 21.0. The van der Waals surface area contributed by atoms with E-state index in [1.807, 2.05) is 13.8 Å². The van der Waals surface area contributed by atoms with Crippen LogP contribution in [0.15, 0.2) is 42.5 Å². The maximum atomic E-state index is 13.4. The number of ether oxygens (including phenoxy) is 3. The maximum Gasteiger partial charge on any atom is 0.276 e. The summed E-state index contributed by atoms with van der Waals surface area (Å²) < 4.78 is 29.6. The summed E-state index contributed by atoms with van der Waals surface area (Å²) in [5.74, 6) is -0.812. The highest BCUT2D eigenvalue weighted by Crippen LogP contribution is 2.28. The van der Waals surface area contributed by atoms with Crippen LogP contribution in [-0.4, -0.2) is 31.6 Å². The fraction of sp³-hybridized carbons (Fsp3) is 0.300. The standard InChI is InChI=1S/C20H23FN2O5/c1-3-11-27-17-10-9-14(12-18(17)26-4-2)20(25)23-22-19(24)13-28-16-8-6-5-7-15(16)21/h5-10,12H,3-4,11,13H2,1-2H3,(H,22,24)(H,23,25). The van der Waals surface area contributed by atoms with E-state index in [-0.39, 0.29) is 11.3 Å².